The number of thiophene rings is 1. The lowest BCUT2D eigenvalue weighted by atomic mass is 9.95. The fourth-order valence-electron chi connectivity index (χ4n) is 5.29. The second kappa shape index (κ2) is 8.23. The van der Waals surface area contributed by atoms with E-state index in [1.54, 1.807) is 0 Å². The van der Waals surface area contributed by atoms with Gasteiger partial charge in [0.25, 0.3) is 0 Å². The first kappa shape index (κ1) is 20.3. The van der Waals surface area contributed by atoms with Gasteiger partial charge in [0.2, 0.25) is 0 Å². The molecule has 4 nitrogen and oxygen atoms in total. The summed E-state index contributed by atoms with van der Waals surface area (Å²) < 4.78 is 2.33. The first-order valence-electron chi connectivity index (χ1n) is 11.7. The number of fused-ring (bicyclic) bond motifs is 5. The van der Waals surface area contributed by atoms with Crippen molar-refractivity contribution in [3.63, 3.8) is 0 Å². The molecule has 2 aromatic carbocycles. The Morgan fingerprint density at radius 1 is 0.970 bits per heavy atom. The summed E-state index contributed by atoms with van der Waals surface area (Å²) in [5.74, 6) is 0. The van der Waals surface area contributed by atoms with Crippen molar-refractivity contribution < 1.29 is 4.79 Å². The predicted molar refractivity (Wildman–Crippen MR) is 134 cm³/mol. The summed E-state index contributed by atoms with van der Waals surface area (Å²) in [5, 5.41) is 4.45. The van der Waals surface area contributed by atoms with Gasteiger partial charge in [-0.1, -0.05) is 48.0 Å². The highest BCUT2D eigenvalue weighted by atomic mass is 32.1. The van der Waals surface area contributed by atoms with Crippen molar-refractivity contribution in [2.45, 2.75) is 45.2 Å². The molecule has 166 valence electrons. The lowest BCUT2D eigenvalue weighted by Crippen LogP contribution is -2.38. The van der Waals surface area contributed by atoms with Gasteiger partial charge in [-0.25, -0.2) is 4.79 Å². The van der Waals surface area contributed by atoms with Gasteiger partial charge in [0.1, 0.15) is 5.00 Å². The van der Waals surface area contributed by atoms with E-state index >= 15 is 0 Å². The molecule has 33 heavy (non-hydrogen) atoms. The zero-order chi connectivity index (χ0) is 22.4. The fourth-order valence-corrected chi connectivity index (χ4v) is 6.70. The number of amides is 2. The van der Waals surface area contributed by atoms with Gasteiger partial charge in [0, 0.05) is 22.3 Å². The van der Waals surface area contributed by atoms with Crippen molar-refractivity contribution >= 4 is 23.1 Å². The van der Waals surface area contributed by atoms with Crippen LogP contribution in [0.15, 0.2) is 72.9 Å². The summed E-state index contributed by atoms with van der Waals surface area (Å²) in [6.45, 7) is 2.72. The molecule has 1 unspecified atom stereocenters. The number of urea groups is 1. The van der Waals surface area contributed by atoms with Crippen molar-refractivity contribution in [3.05, 3.63) is 106 Å². The molecule has 0 fully saturated rings. The minimum absolute atomic E-state index is 0.0657. The summed E-state index contributed by atoms with van der Waals surface area (Å²) in [6, 6.07) is 22.4. The average molecular weight is 454 g/mol. The standard InChI is InChI=1S/C28H27N3OS/c1-19-9-7-10-20(17-19)26-24-14-8-16-30(24)27-23(22-13-5-6-15-25(22)33-27)18-31(26)28(32)29-21-11-3-2-4-12-21/h2-4,7-12,14,16-17,26H,5-6,13,15,18H2,1H3,(H,29,32). The summed E-state index contributed by atoms with van der Waals surface area (Å²) in [6.07, 6.45) is 6.92. The van der Waals surface area contributed by atoms with E-state index in [9.17, 15) is 4.79 Å². The maximum Gasteiger partial charge on any atom is 0.322 e. The van der Waals surface area contributed by atoms with Gasteiger partial charge in [0.15, 0.2) is 0 Å². The van der Waals surface area contributed by atoms with Crippen molar-refractivity contribution in [3.8, 4) is 5.00 Å². The van der Waals surface area contributed by atoms with Gasteiger partial charge in [-0.15, -0.1) is 11.3 Å². The van der Waals surface area contributed by atoms with Crippen molar-refractivity contribution in [2.24, 2.45) is 0 Å². The third kappa shape index (κ3) is 3.57. The molecule has 2 aliphatic rings. The molecule has 6 rings (SSSR count). The monoisotopic (exact) mass is 453 g/mol. The first-order chi connectivity index (χ1) is 16.2. The molecule has 1 aliphatic heterocycles. The van der Waals surface area contributed by atoms with Crippen LogP contribution in [0.2, 0.25) is 0 Å². The van der Waals surface area contributed by atoms with Crippen LogP contribution in [-0.4, -0.2) is 15.5 Å². The minimum atomic E-state index is -0.164. The number of benzene rings is 2. The zero-order valence-corrected chi connectivity index (χ0v) is 19.6. The number of hydrogen-bond donors (Lipinski definition) is 1. The fraction of sp³-hybridized carbons (Fsp3) is 0.250. The molecule has 3 heterocycles. The van der Waals surface area contributed by atoms with Crippen LogP contribution in [0.25, 0.3) is 5.00 Å². The average Bonchev–Trinajstić information content (AvgIpc) is 3.41. The molecule has 0 bridgehead atoms. The Kier molecular flexibility index (Phi) is 5.07. The summed E-state index contributed by atoms with van der Waals surface area (Å²) in [7, 11) is 0. The smallest absolute Gasteiger partial charge is 0.310 e. The molecule has 2 aromatic heterocycles. The van der Waals surface area contributed by atoms with E-state index in [2.05, 4.69) is 59.4 Å². The normalized spacial score (nSPS) is 17.0. The molecule has 1 atom stereocenters. The van der Waals surface area contributed by atoms with Gasteiger partial charge in [-0.05, 0) is 68.0 Å². The van der Waals surface area contributed by atoms with Crippen LogP contribution in [0, 0.1) is 6.92 Å². The number of hydrogen-bond acceptors (Lipinski definition) is 2. The highest BCUT2D eigenvalue weighted by Gasteiger charge is 2.36. The highest BCUT2D eigenvalue weighted by molar-refractivity contribution is 7.15. The number of rotatable bonds is 2. The van der Waals surface area contributed by atoms with Gasteiger partial charge in [-0.3, -0.25) is 0 Å². The Hall–Kier alpha value is -3.31. The largest absolute Gasteiger partial charge is 0.322 e. The molecule has 1 N–H and O–H groups in total. The number of nitrogens with one attached hydrogen (secondary N) is 1. The molecule has 0 saturated carbocycles. The molecule has 2 amide bonds. The van der Waals surface area contributed by atoms with Gasteiger partial charge in [-0.2, -0.15) is 0 Å². The number of carbonyl (C=O) groups is 1. The zero-order valence-electron chi connectivity index (χ0n) is 18.8. The highest BCUT2D eigenvalue weighted by Crippen LogP contribution is 2.44. The second-order valence-electron chi connectivity index (χ2n) is 9.04. The van der Waals surface area contributed by atoms with Crippen LogP contribution >= 0.6 is 11.3 Å². The van der Waals surface area contributed by atoms with E-state index in [0.717, 1.165) is 29.8 Å². The van der Waals surface area contributed by atoms with Crippen LogP contribution in [0.4, 0.5) is 10.5 Å². The van der Waals surface area contributed by atoms with Crippen molar-refractivity contribution in [1.29, 1.82) is 0 Å². The van der Waals surface area contributed by atoms with Crippen molar-refractivity contribution in [2.75, 3.05) is 5.32 Å². The van der Waals surface area contributed by atoms with E-state index in [-0.39, 0.29) is 12.1 Å². The third-order valence-corrected chi connectivity index (χ3v) is 8.16. The Bertz CT molecular complexity index is 1320. The summed E-state index contributed by atoms with van der Waals surface area (Å²) >= 11 is 1.92. The van der Waals surface area contributed by atoms with Crippen LogP contribution in [-0.2, 0) is 19.4 Å². The molecule has 0 radical (unpaired) electrons. The van der Waals surface area contributed by atoms with Crippen LogP contribution in [0.5, 0.6) is 0 Å². The van der Waals surface area contributed by atoms with Gasteiger partial charge < -0.3 is 14.8 Å². The molecule has 5 heteroatoms. The predicted octanol–water partition coefficient (Wildman–Crippen LogP) is 6.86. The van der Waals surface area contributed by atoms with Crippen LogP contribution in [0.3, 0.4) is 0 Å². The van der Waals surface area contributed by atoms with E-state index in [1.807, 2.05) is 46.6 Å². The molecular weight excluding hydrogens is 426 g/mol. The Morgan fingerprint density at radius 3 is 2.67 bits per heavy atom. The summed E-state index contributed by atoms with van der Waals surface area (Å²) in [5.41, 5.74) is 7.10. The first-order valence-corrected chi connectivity index (χ1v) is 12.5. The number of aromatic nitrogens is 1. The number of para-hydroxylation sites is 1. The molecule has 1 aliphatic carbocycles. The van der Waals surface area contributed by atoms with E-state index < -0.39 is 0 Å². The number of nitrogens with zero attached hydrogens (tertiary/aromatic N) is 2. The molecule has 0 saturated heterocycles. The molecule has 0 spiro atoms. The Balaban J connectivity index is 1.51. The van der Waals surface area contributed by atoms with Crippen LogP contribution in [0.1, 0.15) is 51.7 Å². The summed E-state index contributed by atoms with van der Waals surface area (Å²) in [4.78, 5) is 17.4. The maximum absolute atomic E-state index is 13.8. The van der Waals surface area contributed by atoms with Gasteiger partial charge in [0.05, 0.1) is 18.3 Å². The van der Waals surface area contributed by atoms with E-state index in [0.29, 0.717) is 6.54 Å². The third-order valence-electron chi connectivity index (χ3n) is 6.82. The van der Waals surface area contributed by atoms with Crippen LogP contribution < -0.4 is 5.32 Å². The maximum atomic E-state index is 13.8. The number of aryl methyl sites for hydroxylation is 2. The van der Waals surface area contributed by atoms with Crippen molar-refractivity contribution in [1.82, 2.24) is 9.47 Å². The minimum Gasteiger partial charge on any atom is -0.310 e. The topological polar surface area (TPSA) is 37.3 Å². The number of anilines is 1. The second-order valence-corrected chi connectivity index (χ2v) is 10.1. The van der Waals surface area contributed by atoms with Gasteiger partial charge >= 0.3 is 6.03 Å². The number of carbonyl (C=O) groups excluding carboxylic acids is 1. The van der Waals surface area contributed by atoms with E-state index in [4.69, 9.17) is 0 Å². The SMILES string of the molecule is Cc1cccc(C2c3cccn3-c3sc4c(c3CN2C(=O)Nc2ccccc2)CCCC4)c1. The Labute approximate surface area is 198 Å². The Morgan fingerprint density at radius 2 is 1.82 bits per heavy atom. The lowest BCUT2D eigenvalue weighted by Gasteiger charge is -2.31. The molecule has 4 aromatic rings. The van der Waals surface area contributed by atoms with E-state index in [1.165, 1.54) is 39.4 Å². The lowest BCUT2D eigenvalue weighted by molar-refractivity contribution is 0.194. The molecular formula is C28H27N3OS. The quantitative estimate of drug-likeness (QED) is 0.354.